The molecule has 2 aromatic carbocycles. The van der Waals surface area contributed by atoms with Crippen molar-refractivity contribution in [1.29, 1.82) is 0 Å². The predicted molar refractivity (Wildman–Crippen MR) is 156 cm³/mol. The summed E-state index contributed by atoms with van der Waals surface area (Å²) in [6.45, 7) is 0. The highest BCUT2D eigenvalue weighted by molar-refractivity contribution is 6.46. The molecule has 0 fully saturated rings. The highest BCUT2D eigenvalue weighted by Crippen LogP contribution is 2.25. The maximum atomic E-state index is 13.0. The van der Waals surface area contributed by atoms with Crippen molar-refractivity contribution in [1.82, 2.24) is 29.5 Å². The molecule has 0 unspecified atom stereocenters. The Bertz CT molecular complexity index is 1710. The van der Waals surface area contributed by atoms with Crippen LogP contribution in [-0.4, -0.2) is 78.6 Å². The van der Waals surface area contributed by atoms with Crippen LogP contribution in [0.2, 0.25) is 0 Å². The zero-order valence-corrected chi connectivity index (χ0v) is 23.9. The molecule has 44 heavy (non-hydrogen) atoms. The highest BCUT2D eigenvalue weighted by atomic mass is 16.5. The van der Waals surface area contributed by atoms with E-state index in [0.29, 0.717) is 60.0 Å². The molecule has 4 aromatic rings. The van der Waals surface area contributed by atoms with E-state index in [1.165, 1.54) is 9.13 Å². The van der Waals surface area contributed by atoms with Gasteiger partial charge in [-0.25, -0.2) is 19.1 Å². The third kappa shape index (κ3) is 5.44. The Kier molecular flexibility index (Phi) is 7.70. The number of aromatic nitrogens is 6. The first kappa shape index (κ1) is 28.5. The van der Waals surface area contributed by atoms with E-state index in [4.69, 9.17) is 9.47 Å². The number of nitrogens with zero attached hydrogens (tertiary/aromatic N) is 8. The van der Waals surface area contributed by atoms with Crippen LogP contribution >= 0.6 is 0 Å². The summed E-state index contributed by atoms with van der Waals surface area (Å²) >= 11 is 0. The minimum Gasteiger partial charge on any atom is -0.497 e. The second-order valence-corrected chi connectivity index (χ2v) is 10.1. The van der Waals surface area contributed by atoms with Gasteiger partial charge in [-0.2, -0.15) is 0 Å². The van der Waals surface area contributed by atoms with Crippen LogP contribution in [0.4, 0.5) is 11.9 Å². The van der Waals surface area contributed by atoms with Crippen LogP contribution in [0.25, 0.3) is 0 Å². The van der Waals surface area contributed by atoms with Crippen molar-refractivity contribution < 1.29 is 28.7 Å². The van der Waals surface area contributed by atoms with Crippen LogP contribution in [0.3, 0.4) is 0 Å². The molecule has 0 saturated heterocycles. The summed E-state index contributed by atoms with van der Waals surface area (Å²) in [6, 6.07) is 13.3. The molecule has 0 radical (unpaired) electrons. The quantitative estimate of drug-likeness (QED) is 0.165. The lowest BCUT2D eigenvalue weighted by Crippen LogP contribution is -2.22. The van der Waals surface area contributed by atoms with E-state index in [2.05, 4.69) is 30.4 Å². The molecule has 2 aromatic heterocycles. The molecule has 14 nitrogen and oxygen atoms in total. The molecule has 0 saturated carbocycles. The van der Waals surface area contributed by atoms with E-state index in [9.17, 15) is 19.2 Å². The number of carbonyl (C=O) groups is 4. The number of benzene rings is 2. The molecule has 6 rings (SSSR count). The van der Waals surface area contributed by atoms with Gasteiger partial charge in [-0.1, -0.05) is 0 Å². The van der Waals surface area contributed by atoms with Crippen LogP contribution in [0, 0.1) is 0 Å². The molecule has 0 amide bonds. The largest absolute Gasteiger partial charge is 0.497 e. The summed E-state index contributed by atoms with van der Waals surface area (Å²) in [6.07, 6.45) is 1.73. The van der Waals surface area contributed by atoms with Crippen LogP contribution in [0.1, 0.15) is 67.6 Å². The van der Waals surface area contributed by atoms with E-state index in [1.807, 2.05) is 0 Å². The Labute approximate surface area is 250 Å². The second kappa shape index (κ2) is 11.9. The number of methoxy groups -OCH3 is 2. The number of unbranched alkanes of at least 4 members (excludes halogenated alkanes) is 1. The third-order valence-corrected chi connectivity index (χ3v) is 7.33. The van der Waals surface area contributed by atoms with Gasteiger partial charge in [0.25, 0.3) is 23.7 Å². The van der Waals surface area contributed by atoms with Crippen molar-refractivity contribution in [3.8, 4) is 11.5 Å². The number of rotatable bonds is 13. The van der Waals surface area contributed by atoms with Gasteiger partial charge in [0.1, 0.15) is 34.6 Å². The molecular weight excluding hydrogens is 568 g/mol. The first-order chi connectivity index (χ1) is 21.4. The summed E-state index contributed by atoms with van der Waals surface area (Å²) < 4.78 is 12.9. The van der Waals surface area contributed by atoms with Gasteiger partial charge < -0.3 is 9.47 Å². The molecule has 14 heteroatoms. The molecule has 0 aliphatic carbocycles. The van der Waals surface area contributed by atoms with Crippen molar-refractivity contribution in [2.75, 3.05) is 14.2 Å². The number of carbonyl (C=O) groups excluding carboxylic acids is 4. The first-order valence-electron chi connectivity index (χ1n) is 13.8. The number of ether oxygens (including phenoxy) is 2. The van der Waals surface area contributed by atoms with Crippen LogP contribution in [-0.2, 0) is 12.8 Å². The van der Waals surface area contributed by atoms with Gasteiger partial charge >= 0.3 is 0 Å². The molecule has 4 heterocycles. The van der Waals surface area contributed by atoms with Crippen LogP contribution in [0.5, 0.6) is 11.5 Å². The fraction of sp³-hybridized carbons (Fsp3) is 0.267. The number of hydrogen-bond acceptors (Lipinski definition) is 12. The third-order valence-electron chi connectivity index (χ3n) is 7.33. The zero-order valence-electron chi connectivity index (χ0n) is 23.9. The lowest BCUT2D eigenvalue weighted by atomic mass is 10.1. The Morgan fingerprint density at radius 2 is 1.00 bits per heavy atom. The molecule has 2 aliphatic heterocycles. The van der Waals surface area contributed by atoms with Gasteiger partial charge in [-0.05, 0) is 61.4 Å². The van der Waals surface area contributed by atoms with Gasteiger partial charge in [0, 0.05) is 24.0 Å². The maximum absolute atomic E-state index is 13.0. The molecular formula is C30H26N8O6. The van der Waals surface area contributed by atoms with Crippen molar-refractivity contribution in [2.45, 2.75) is 38.5 Å². The average Bonchev–Trinajstić information content (AvgIpc) is 3.79. The minimum absolute atomic E-state index is 0.107. The number of Topliss-reactive ketones (excluding diaryl/α,β-unsaturated/α-hetero) is 2. The average molecular weight is 595 g/mol. The zero-order chi connectivity index (χ0) is 30.8. The fourth-order valence-electron chi connectivity index (χ4n) is 4.95. The highest BCUT2D eigenvalue weighted by Gasteiger charge is 2.32. The van der Waals surface area contributed by atoms with Gasteiger partial charge in [0.05, 0.1) is 27.1 Å². The number of aryl methyl sites for hydroxylation is 2. The van der Waals surface area contributed by atoms with Gasteiger partial charge in [0.15, 0.2) is 11.6 Å². The number of ketones is 2. The molecule has 0 N–H and O–H groups in total. The summed E-state index contributed by atoms with van der Waals surface area (Å²) in [5.41, 5.74) is 1.11. The molecule has 222 valence electrons. The first-order valence-corrected chi connectivity index (χ1v) is 13.8. The fourth-order valence-corrected chi connectivity index (χ4v) is 4.95. The lowest BCUT2D eigenvalue weighted by molar-refractivity contribution is 0.0962. The standard InChI is InChI=1S/C30H26N8O6/c1-43-19-11-7-17(8-12-19)23(39)15-21-27(41)37-25(33-35-29(37)31-21)5-3-4-6-26-34-36-30-32-22(28(42)38(26)30)16-24(40)18-9-13-20(44-2)14-10-18/h7-14H,3-6,15-16H2,1-2H3. The van der Waals surface area contributed by atoms with Crippen molar-refractivity contribution >= 4 is 46.7 Å². The monoisotopic (exact) mass is 594 g/mol. The van der Waals surface area contributed by atoms with Crippen molar-refractivity contribution in [3.05, 3.63) is 71.3 Å². The van der Waals surface area contributed by atoms with E-state index >= 15 is 0 Å². The van der Waals surface area contributed by atoms with Crippen molar-refractivity contribution in [3.63, 3.8) is 0 Å². The Balaban J connectivity index is 1.01. The maximum Gasteiger partial charge on any atom is 0.281 e. The molecule has 0 spiro atoms. The van der Waals surface area contributed by atoms with E-state index in [1.54, 1.807) is 62.8 Å². The summed E-state index contributed by atoms with van der Waals surface area (Å²) in [5, 5.41) is 16.2. The summed E-state index contributed by atoms with van der Waals surface area (Å²) in [5.74, 6) is 1.10. The van der Waals surface area contributed by atoms with E-state index in [0.717, 1.165) is 0 Å². The Morgan fingerprint density at radius 3 is 1.36 bits per heavy atom. The normalized spacial score (nSPS) is 13.4. The predicted octanol–water partition coefficient (Wildman–Crippen LogP) is 3.45. The van der Waals surface area contributed by atoms with E-state index < -0.39 is 11.8 Å². The van der Waals surface area contributed by atoms with Crippen LogP contribution < -0.4 is 9.47 Å². The summed E-state index contributed by atoms with van der Waals surface area (Å²) in [7, 11) is 3.08. The van der Waals surface area contributed by atoms with E-state index in [-0.39, 0.29) is 47.7 Å². The topological polar surface area (TPSA) is 173 Å². The van der Waals surface area contributed by atoms with Gasteiger partial charge in [0.2, 0.25) is 0 Å². The molecule has 0 bridgehead atoms. The molecule has 0 atom stereocenters. The summed E-state index contributed by atoms with van der Waals surface area (Å²) in [4.78, 5) is 59.9. The van der Waals surface area contributed by atoms with Crippen molar-refractivity contribution in [2.24, 2.45) is 9.98 Å². The number of hydrogen-bond donors (Lipinski definition) is 0. The lowest BCUT2D eigenvalue weighted by Gasteiger charge is -2.05. The van der Waals surface area contributed by atoms with Gasteiger partial charge in [-0.15, -0.1) is 20.4 Å². The Morgan fingerprint density at radius 1 is 0.614 bits per heavy atom. The number of fused-ring (bicyclic) bond motifs is 2. The smallest absolute Gasteiger partial charge is 0.281 e. The van der Waals surface area contributed by atoms with Gasteiger partial charge in [-0.3, -0.25) is 19.2 Å². The Hall–Kier alpha value is -5.66. The second-order valence-electron chi connectivity index (χ2n) is 10.1. The van der Waals surface area contributed by atoms with Crippen LogP contribution in [0.15, 0.2) is 58.5 Å². The molecule has 2 aliphatic rings. The SMILES string of the molecule is COc1ccc(C(=O)CC2=Nc3nnc(CCCCc4nnc5n4C(=O)C(CC(=O)c4ccc(OC)cc4)=N5)n3C2=O)cc1. The minimum atomic E-state index is -0.420. The number of aliphatic imine (C=N–C) groups is 2.